The normalized spacial score (nSPS) is 31.2. The number of aromatic hydroxyl groups is 1. The molecule has 1 aliphatic rings. The predicted octanol–water partition coefficient (Wildman–Crippen LogP) is 1.46. The first-order valence-electron chi connectivity index (χ1n) is 4.47. The van der Waals surface area contributed by atoms with E-state index in [1.165, 1.54) is 0 Å². The molecular formula is C10H12BrNO2. The Balaban J connectivity index is 2.36. The van der Waals surface area contributed by atoms with Crippen LogP contribution in [0.15, 0.2) is 22.7 Å². The maximum absolute atomic E-state index is 9.64. The van der Waals surface area contributed by atoms with Gasteiger partial charge in [-0.15, -0.1) is 0 Å². The van der Waals surface area contributed by atoms with Crippen molar-refractivity contribution in [3.05, 3.63) is 28.2 Å². The molecule has 1 aromatic carbocycles. The average Bonchev–Trinajstić information content (AvgIpc) is 2.07. The van der Waals surface area contributed by atoms with Gasteiger partial charge < -0.3 is 15.9 Å². The molecular weight excluding hydrogens is 246 g/mol. The van der Waals surface area contributed by atoms with Gasteiger partial charge in [0.25, 0.3) is 0 Å². The van der Waals surface area contributed by atoms with E-state index in [0.29, 0.717) is 18.4 Å². The van der Waals surface area contributed by atoms with Crippen molar-refractivity contribution >= 4 is 15.9 Å². The van der Waals surface area contributed by atoms with Crippen molar-refractivity contribution in [2.45, 2.75) is 24.5 Å². The van der Waals surface area contributed by atoms with E-state index >= 15 is 0 Å². The summed E-state index contributed by atoms with van der Waals surface area (Å²) in [5.74, 6) is 0.197. The average molecular weight is 258 g/mol. The first kappa shape index (κ1) is 9.96. The number of halogens is 1. The van der Waals surface area contributed by atoms with Gasteiger partial charge in [-0.3, -0.25) is 0 Å². The number of phenolic OH excluding ortho intramolecular Hbond substituents is 1. The van der Waals surface area contributed by atoms with E-state index < -0.39 is 5.54 Å². The molecule has 0 saturated heterocycles. The number of benzene rings is 1. The molecule has 1 saturated carbocycles. The van der Waals surface area contributed by atoms with E-state index in [0.717, 1.165) is 4.47 Å². The first-order chi connectivity index (χ1) is 6.51. The van der Waals surface area contributed by atoms with Crippen molar-refractivity contribution in [2.24, 2.45) is 5.73 Å². The van der Waals surface area contributed by atoms with E-state index in [9.17, 15) is 10.2 Å². The minimum absolute atomic E-state index is 0.197. The molecule has 3 nitrogen and oxygen atoms in total. The summed E-state index contributed by atoms with van der Waals surface area (Å²) >= 11 is 3.33. The largest absolute Gasteiger partial charge is 0.508 e. The second-order valence-corrected chi connectivity index (χ2v) is 4.80. The van der Waals surface area contributed by atoms with Crippen molar-refractivity contribution in [1.29, 1.82) is 0 Å². The van der Waals surface area contributed by atoms with Crippen LogP contribution in [0, 0.1) is 0 Å². The van der Waals surface area contributed by atoms with Gasteiger partial charge in [0.2, 0.25) is 0 Å². The Bertz CT molecular complexity index is 361. The summed E-state index contributed by atoms with van der Waals surface area (Å²) in [6.07, 6.45) is 0.687. The molecule has 0 atom stereocenters. The number of rotatable bonds is 1. The molecule has 0 aliphatic heterocycles. The zero-order valence-corrected chi connectivity index (χ0v) is 9.16. The van der Waals surface area contributed by atoms with Gasteiger partial charge in [0.1, 0.15) is 5.75 Å². The van der Waals surface area contributed by atoms with Crippen molar-refractivity contribution in [2.75, 3.05) is 0 Å². The molecule has 2 rings (SSSR count). The zero-order valence-electron chi connectivity index (χ0n) is 7.57. The first-order valence-corrected chi connectivity index (χ1v) is 5.26. The third-order valence-electron chi connectivity index (χ3n) is 2.69. The Morgan fingerprint density at radius 2 is 2.07 bits per heavy atom. The standard InChI is InChI=1S/C10H12BrNO2/c11-6-1-2-9(14)8(3-6)10(12)4-7(13)5-10/h1-3,7,13-14H,4-5,12H2. The molecule has 1 fully saturated rings. The van der Waals surface area contributed by atoms with Gasteiger partial charge in [-0.05, 0) is 31.0 Å². The van der Waals surface area contributed by atoms with Crippen LogP contribution in [0.2, 0.25) is 0 Å². The van der Waals surface area contributed by atoms with Crippen molar-refractivity contribution in [3.8, 4) is 5.75 Å². The highest BCUT2D eigenvalue weighted by Crippen LogP contribution is 2.43. The highest BCUT2D eigenvalue weighted by atomic mass is 79.9. The van der Waals surface area contributed by atoms with Crippen molar-refractivity contribution < 1.29 is 10.2 Å². The molecule has 0 unspecified atom stereocenters. The zero-order chi connectivity index (χ0) is 10.3. The quantitative estimate of drug-likeness (QED) is 0.714. The van der Waals surface area contributed by atoms with Crippen molar-refractivity contribution in [1.82, 2.24) is 0 Å². The molecule has 76 valence electrons. The van der Waals surface area contributed by atoms with E-state index in [4.69, 9.17) is 5.73 Å². The lowest BCUT2D eigenvalue weighted by Crippen LogP contribution is -2.51. The molecule has 0 spiro atoms. The van der Waals surface area contributed by atoms with Gasteiger partial charge in [-0.2, -0.15) is 0 Å². The van der Waals surface area contributed by atoms with Gasteiger partial charge in [0.05, 0.1) is 6.10 Å². The SMILES string of the molecule is NC1(c2cc(Br)ccc2O)CC(O)C1. The maximum atomic E-state index is 9.64. The maximum Gasteiger partial charge on any atom is 0.120 e. The van der Waals surface area contributed by atoms with Crippen LogP contribution in [0.3, 0.4) is 0 Å². The second-order valence-electron chi connectivity index (χ2n) is 3.88. The molecule has 0 bridgehead atoms. The highest BCUT2D eigenvalue weighted by molar-refractivity contribution is 9.10. The molecule has 0 aromatic heterocycles. The van der Waals surface area contributed by atoms with Crippen LogP contribution in [0.5, 0.6) is 5.75 Å². The van der Waals surface area contributed by atoms with E-state index in [1.54, 1.807) is 18.2 Å². The summed E-state index contributed by atoms with van der Waals surface area (Å²) in [7, 11) is 0. The van der Waals surface area contributed by atoms with Crippen molar-refractivity contribution in [3.63, 3.8) is 0 Å². The topological polar surface area (TPSA) is 66.5 Å². The summed E-state index contributed by atoms with van der Waals surface area (Å²) in [6, 6.07) is 5.18. The number of hydrogen-bond acceptors (Lipinski definition) is 3. The lowest BCUT2D eigenvalue weighted by molar-refractivity contribution is 0.0199. The summed E-state index contributed by atoms with van der Waals surface area (Å²) in [6.45, 7) is 0. The highest BCUT2D eigenvalue weighted by Gasteiger charge is 2.43. The number of aliphatic hydroxyl groups excluding tert-OH is 1. The van der Waals surface area contributed by atoms with E-state index in [-0.39, 0.29) is 11.9 Å². The molecule has 0 radical (unpaired) electrons. The second kappa shape index (κ2) is 3.22. The monoisotopic (exact) mass is 257 g/mol. The Hall–Kier alpha value is -0.580. The van der Waals surface area contributed by atoms with Crippen LogP contribution >= 0.6 is 15.9 Å². The summed E-state index contributed by atoms with van der Waals surface area (Å²) in [5, 5.41) is 18.9. The number of hydrogen-bond donors (Lipinski definition) is 3. The lowest BCUT2D eigenvalue weighted by Gasteiger charge is -2.42. The molecule has 0 heterocycles. The van der Waals surface area contributed by atoms with E-state index in [2.05, 4.69) is 15.9 Å². The summed E-state index contributed by atoms with van der Waals surface area (Å²) in [4.78, 5) is 0. The van der Waals surface area contributed by atoms with Crippen LogP contribution < -0.4 is 5.73 Å². The Morgan fingerprint density at radius 3 is 2.64 bits per heavy atom. The third-order valence-corrected chi connectivity index (χ3v) is 3.19. The predicted molar refractivity (Wildman–Crippen MR) is 56.9 cm³/mol. The third kappa shape index (κ3) is 1.54. The number of phenols is 1. The van der Waals surface area contributed by atoms with E-state index in [1.807, 2.05) is 0 Å². The summed E-state index contributed by atoms with van der Waals surface area (Å²) < 4.78 is 0.886. The van der Waals surface area contributed by atoms with Crippen LogP contribution in [0.4, 0.5) is 0 Å². The van der Waals surface area contributed by atoms with Crippen LogP contribution in [0.25, 0.3) is 0 Å². The van der Waals surface area contributed by atoms with Crippen LogP contribution in [0.1, 0.15) is 18.4 Å². The van der Waals surface area contributed by atoms with Gasteiger partial charge >= 0.3 is 0 Å². The molecule has 4 heteroatoms. The van der Waals surface area contributed by atoms with Gasteiger partial charge in [0.15, 0.2) is 0 Å². The molecule has 0 amide bonds. The van der Waals surface area contributed by atoms with Crippen LogP contribution in [-0.4, -0.2) is 16.3 Å². The fourth-order valence-corrected chi connectivity index (χ4v) is 2.27. The summed E-state index contributed by atoms with van der Waals surface area (Å²) in [5.41, 5.74) is 6.19. The molecule has 4 N–H and O–H groups in total. The minimum atomic E-state index is -0.562. The Labute approximate surface area is 90.7 Å². The Morgan fingerprint density at radius 1 is 1.43 bits per heavy atom. The lowest BCUT2D eigenvalue weighted by atomic mass is 9.70. The van der Waals surface area contributed by atoms with Gasteiger partial charge in [0, 0.05) is 15.6 Å². The smallest absolute Gasteiger partial charge is 0.120 e. The number of nitrogens with two attached hydrogens (primary N) is 1. The van der Waals surface area contributed by atoms with Crippen LogP contribution in [-0.2, 0) is 5.54 Å². The Kier molecular flexibility index (Phi) is 2.29. The van der Waals surface area contributed by atoms with Gasteiger partial charge in [-0.25, -0.2) is 0 Å². The number of aliphatic hydroxyl groups is 1. The molecule has 1 aliphatic carbocycles. The molecule has 1 aromatic rings. The minimum Gasteiger partial charge on any atom is -0.508 e. The fraction of sp³-hybridized carbons (Fsp3) is 0.400. The van der Waals surface area contributed by atoms with Gasteiger partial charge in [-0.1, -0.05) is 15.9 Å². The fourth-order valence-electron chi connectivity index (χ4n) is 1.91. The molecule has 14 heavy (non-hydrogen) atoms.